The van der Waals surface area contributed by atoms with Gasteiger partial charge in [-0.05, 0) is 19.1 Å². The summed E-state index contributed by atoms with van der Waals surface area (Å²) in [5.41, 5.74) is 1.81. The number of hydrogen-bond donors (Lipinski definition) is 2. The number of nitrogens with zero attached hydrogens (tertiary/aromatic N) is 2. The first-order valence-corrected chi connectivity index (χ1v) is 6.50. The molecule has 2 rings (SSSR count). The van der Waals surface area contributed by atoms with Gasteiger partial charge in [0.25, 0.3) is 5.91 Å². The minimum atomic E-state index is -0.0674. The molecule has 1 amide bonds. The summed E-state index contributed by atoms with van der Waals surface area (Å²) in [5, 5.41) is 9.74. The molecule has 0 saturated carbocycles. The fourth-order valence-corrected chi connectivity index (χ4v) is 1.68. The molecule has 20 heavy (non-hydrogen) atoms. The Bertz CT molecular complexity index is 563. The van der Waals surface area contributed by atoms with Crippen LogP contribution in [-0.2, 0) is 6.54 Å². The van der Waals surface area contributed by atoms with Crippen LogP contribution in [0.15, 0.2) is 28.8 Å². The molecule has 0 aliphatic carbocycles. The van der Waals surface area contributed by atoms with Gasteiger partial charge in [0.2, 0.25) is 5.89 Å². The van der Waals surface area contributed by atoms with Gasteiger partial charge in [0.05, 0.1) is 6.54 Å². The van der Waals surface area contributed by atoms with Crippen molar-refractivity contribution in [1.29, 1.82) is 0 Å². The molecule has 2 aromatic rings. The van der Waals surface area contributed by atoms with Crippen molar-refractivity contribution in [3.05, 3.63) is 47.1 Å². The maximum absolute atomic E-state index is 11.8. The van der Waals surface area contributed by atoms with E-state index < -0.39 is 0 Å². The summed E-state index contributed by atoms with van der Waals surface area (Å²) in [6, 6.07) is 7.48. The third-order valence-corrected chi connectivity index (χ3v) is 2.75. The quantitative estimate of drug-likeness (QED) is 0.774. The van der Waals surface area contributed by atoms with Crippen molar-refractivity contribution < 1.29 is 9.32 Å². The van der Waals surface area contributed by atoms with E-state index in [0.717, 1.165) is 5.56 Å². The SMILES string of the molecule is Cc1ccc(C(=O)NCCNCc2noc(C)n2)cc1. The molecule has 0 saturated heterocycles. The van der Waals surface area contributed by atoms with Gasteiger partial charge < -0.3 is 15.2 Å². The van der Waals surface area contributed by atoms with Gasteiger partial charge in [-0.1, -0.05) is 22.9 Å². The fraction of sp³-hybridized carbons (Fsp3) is 0.357. The average molecular weight is 274 g/mol. The first-order chi connectivity index (χ1) is 9.65. The fourth-order valence-electron chi connectivity index (χ4n) is 1.68. The van der Waals surface area contributed by atoms with Gasteiger partial charge in [0, 0.05) is 25.6 Å². The topological polar surface area (TPSA) is 80.0 Å². The van der Waals surface area contributed by atoms with Crippen LogP contribution in [0.4, 0.5) is 0 Å². The van der Waals surface area contributed by atoms with Crippen molar-refractivity contribution in [2.75, 3.05) is 13.1 Å². The Kier molecular flexibility index (Phi) is 4.84. The van der Waals surface area contributed by atoms with E-state index in [0.29, 0.717) is 36.9 Å². The number of aryl methyl sites for hydroxylation is 2. The number of hydrogen-bond acceptors (Lipinski definition) is 5. The lowest BCUT2D eigenvalue weighted by Crippen LogP contribution is -2.31. The van der Waals surface area contributed by atoms with E-state index >= 15 is 0 Å². The van der Waals surface area contributed by atoms with Crippen molar-refractivity contribution in [3.63, 3.8) is 0 Å². The zero-order valence-corrected chi connectivity index (χ0v) is 11.6. The van der Waals surface area contributed by atoms with Crippen LogP contribution in [0.5, 0.6) is 0 Å². The molecular formula is C14H18N4O2. The highest BCUT2D eigenvalue weighted by Gasteiger charge is 2.04. The van der Waals surface area contributed by atoms with E-state index in [1.165, 1.54) is 0 Å². The first-order valence-electron chi connectivity index (χ1n) is 6.50. The van der Waals surface area contributed by atoms with Crippen LogP contribution in [0.25, 0.3) is 0 Å². The Labute approximate surface area is 117 Å². The van der Waals surface area contributed by atoms with Gasteiger partial charge in [-0.25, -0.2) is 0 Å². The maximum atomic E-state index is 11.8. The molecule has 0 aliphatic rings. The summed E-state index contributed by atoms with van der Waals surface area (Å²) in [5.74, 6) is 1.10. The highest BCUT2D eigenvalue weighted by Crippen LogP contribution is 2.02. The Morgan fingerprint density at radius 2 is 1.95 bits per heavy atom. The number of amides is 1. The van der Waals surface area contributed by atoms with Gasteiger partial charge in [0.1, 0.15) is 0 Å². The summed E-state index contributed by atoms with van der Waals surface area (Å²) in [6.45, 7) is 5.45. The number of nitrogens with one attached hydrogen (secondary N) is 2. The molecule has 6 nitrogen and oxygen atoms in total. The number of carbonyl (C=O) groups is 1. The van der Waals surface area contributed by atoms with E-state index in [-0.39, 0.29) is 5.91 Å². The monoisotopic (exact) mass is 274 g/mol. The molecular weight excluding hydrogens is 256 g/mol. The van der Waals surface area contributed by atoms with E-state index in [9.17, 15) is 4.79 Å². The maximum Gasteiger partial charge on any atom is 0.251 e. The average Bonchev–Trinajstić information content (AvgIpc) is 2.84. The van der Waals surface area contributed by atoms with Crippen molar-refractivity contribution in [2.24, 2.45) is 0 Å². The Hall–Kier alpha value is -2.21. The summed E-state index contributed by atoms with van der Waals surface area (Å²) in [4.78, 5) is 15.9. The second-order valence-electron chi connectivity index (χ2n) is 4.53. The molecule has 106 valence electrons. The van der Waals surface area contributed by atoms with Crippen LogP contribution in [0, 0.1) is 13.8 Å². The first kappa shape index (κ1) is 14.2. The van der Waals surface area contributed by atoms with Gasteiger partial charge >= 0.3 is 0 Å². The highest BCUT2D eigenvalue weighted by molar-refractivity contribution is 5.94. The highest BCUT2D eigenvalue weighted by atomic mass is 16.5. The van der Waals surface area contributed by atoms with Crippen LogP contribution in [0.3, 0.4) is 0 Å². The summed E-state index contributed by atoms with van der Waals surface area (Å²) >= 11 is 0. The van der Waals surface area contributed by atoms with Crippen molar-refractivity contribution in [1.82, 2.24) is 20.8 Å². The standard InChI is InChI=1S/C14H18N4O2/c1-10-3-5-12(6-4-10)14(19)16-8-7-15-9-13-17-11(2)20-18-13/h3-6,15H,7-9H2,1-2H3,(H,16,19). The Morgan fingerprint density at radius 1 is 1.20 bits per heavy atom. The van der Waals surface area contributed by atoms with Crippen molar-refractivity contribution >= 4 is 5.91 Å². The molecule has 0 aliphatic heterocycles. The molecule has 1 aromatic heterocycles. The molecule has 0 radical (unpaired) electrons. The second-order valence-corrected chi connectivity index (χ2v) is 4.53. The number of carbonyl (C=O) groups excluding carboxylic acids is 1. The smallest absolute Gasteiger partial charge is 0.251 e. The molecule has 1 heterocycles. The second kappa shape index (κ2) is 6.81. The lowest BCUT2D eigenvalue weighted by Gasteiger charge is -2.06. The van der Waals surface area contributed by atoms with Gasteiger partial charge in [-0.15, -0.1) is 0 Å². The number of rotatable bonds is 6. The molecule has 0 spiro atoms. The predicted octanol–water partition coefficient (Wildman–Crippen LogP) is 1.21. The summed E-state index contributed by atoms with van der Waals surface area (Å²) in [7, 11) is 0. The number of aromatic nitrogens is 2. The minimum Gasteiger partial charge on any atom is -0.351 e. The zero-order chi connectivity index (χ0) is 14.4. The molecule has 6 heteroatoms. The van der Waals surface area contributed by atoms with Crippen LogP contribution < -0.4 is 10.6 Å². The van der Waals surface area contributed by atoms with E-state index in [4.69, 9.17) is 4.52 Å². The van der Waals surface area contributed by atoms with E-state index in [1.807, 2.05) is 31.2 Å². The Morgan fingerprint density at radius 3 is 2.60 bits per heavy atom. The largest absolute Gasteiger partial charge is 0.351 e. The van der Waals surface area contributed by atoms with Gasteiger partial charge in [-0.3, -0.25) is 4.79 Å². The lowest BCUT2D eigenvalue weighted by atomic mass is 10.1. The number of benzene rings is 1. The third-order valence-electron chi connectivity index (χ3n) is 2.75. The van der Waals surface area contributed by atoms with Crippen LogP contribution >= 0.6 is 0 Å². The lowest BCUT2D eigenvalue weighted by molar-refractivity contribution is 0.0954. The zero-order valence-electron chi connectivity index (χ0n) is 11.6. The molecule has 1 aromatic carbocycles. The van der Waals surface area contributed by atoms with E-state index in [2.05, 4.69) is 20.8 Å². The van der Waals surface area contributed by atoms with Crippen LogP contribution in [0.2, 0.25) is 0 Å². The summed E-state index contributed by atoms with van der Waals surface area (Å²) < 4.78 is 4.86. The molecule has 0 bridgehead atoms. The van der Waals surface area contributed by atoms with Gasteiger partial charge in [-0.2, -0.15) is 4.98 Å². The third kappa shape index (κ3) is 4.17. The molecule has 0 atom stereocenters. The molecule has 0 unspecified atom stereocenters. The normalized spacial score (nSPS) is 10.5. The molecule has 0 fully saturated rings. The molecule has 2 N–H and O–H groups in total. The van der Waals surface area contributed by atoms with E-state index in [1.54, 1.807) is 6.92 Å². The van der Waals surface area contributed by atoms with Gasteiger partial charge in [0.15, 0.2) is 5.82 Å². The van der Waals surface area contributed by atoms with Crippen molar-refractivity contribution in [3.8, 4) is 0 Å². The summed E-state index contributed by atoms with van der Waals surface area (Å²) in [6.07, 6.45) is 0. The van der Waals surface area contributed by atoms with Crippen LogP contribution in [0.1, 0.15) is 27.6 Å². The minimum absolute atomic E-state index is 0.0674. The van der Waals surface area contributed by atoms with Crippen molar-refractivity contribution in [2.45, 2.75) is 20.4 Å². The predicted molar refractivity (Wildman–Crippen MR) is 74.3 cm³/mol. The Balaban J connectivity index is 1.65. The van der Waals surface area contributed by atoms with Crippen LogP contribution in [-0.4, -0.2) is 29.1 Å².